The van der Waals surface area contributed by atoms with Crippen molar-refractivity contribution in [2.45, 2.75) is 38.8 Å². The fourth-order valence-electron chi connectivity index (χ4n) is 4.71. The topological polar surface area (TPSA) is 106 Å². The summed E-state index contributed by atoms with van der Waals surface area (Å²) < 4.78 is 16.6. The molecule has 2 heterocycles. The van der Waals surface area contributed by atoms with E-state index >= 15 is 0 Å². The molecule has 0 unspecified atom stereocenters. The molecule has 1 saturated heterocycles. The lowest BCUT2D eigenvalue weighted by Crippen LogP contribution is -2.48. The summed E-state index contributed by atoms with van der Waals surface area (Å²) in [5.74, 6) is -0.240. The lowest BCUT2D eigenvalue weighted by Gasteiger charge is -2.33. The quantitative estimate of drug-likeness (QED) is 0.361. The highest BCUT2D eigenvalue weighted by atomic mass is 32.1. The van der Waals surface area contributed by atoms with Gasteiger partial charge in [-0.2, -0.15) is 0 Å². The number of benzene rings is 2. The summed E-state index contributed by atoms with van der Waals surface area (Å²) >= 11 is 1.29. The van der Waals surface area contributed by atoms with E-state index < -0.39 is 11.9 Å². The largest absolute Gasteiger partial charge is 0.493 e. The molecule has 1 aliphatic rings. The summed E-state index contributed by atoms with van der Waals surface area (Å²) in [7, 11) is 3.05. The summed E-state index contributed by atoms with van der Waals surface area (Å²) in [6.45, 7) is 4.55. The first-order valence-corrected chi connectivity index (χ1v) is 14.0. The van der Waals surface area contributed by atoms with Crippen LogP contribution in [0.15, 0.2) is 53.9 Å². The third-order valence-electron chi connectivity index (χ3n) is 7.01. The molecule has 0 bridgehead atoms. The number of methoxy groups -OCH3 is 2. The Morgan fingerprint density at radius 2 is 1.85 bits per heavy atom. The van der Waals surface area contributed by atoms with Crippen LogP contribution in [0.25, 0.3) is 0 Å². The van der Waals surface area contributed by atoms with Gasteiger partial charge in [-0.3, -0.25) is 19.3 Å². The van der Waals surface area contributed by atoms with Gasteiger partial charge in [0.15, 0.2) is 11.5 Å². The molecule has 3 amide bonds. The minimum Gasteiger partial charge on any atom is -0.493 e. The maximum absolute atomic E-state index is 14.0. The molecular formula is C30H35N3O6S. The van der Waals surface area contributed by atoms with Crippen molar-refractivity contribution in [3.05, 3.63) is 75.5 Å². The van der Waals surface area contributed by atoms with E-state index in [1.54, 1.807) is 35.7 Å². The van der Waals surface area contributed by atoms with E-state index in [1.807, 2.05) is 32.0 Å². The minimum absolute atomic E-state index is 0.0788. The number of thiophene rings is 1. The number of hydrogen-bond acceptors (Lipinski definition) is 7. The van der Waals surface area contributed by atoms with E-state index in [2.05, 4.69) is 10.6 Å². The molecule has 9 nitrogen and oxygen atoms in total. The van der Waals surface area contributed by atoms with Gasteiger partial charge in [-0.05, 0) is 73.0 Å². The molecule has 3 aromatic rings. The van der Waals surface area contributed by atoms with Gasteiger partial charge in [-0.15, -0.1) is 11.3 Å². The fraction of sp³-hybridized carbons (Fsp3) is 0.367. The van der Waals surface area contributed by atoms with Crippen LogP contribution in [-0.4, -0.2) is 57.7 Å². The monoisotopic (exact) mass is 565 g/mol. The van der Waals surface area contributed by atoms with Crippen molar-refractivity contribution in [3.63, 3.8) is 0 Å². The molecule has 1 aromatic heterocycles. The normalized spacial score (nSPS) is 15.2. The highest BCUT2D eigenvalue weighted by Crippen LogP contribution is 2.36. The Hall–Kier alpha value is -3.89. The summed E-state index contributed by atoms with van der Waals surface area (Å²) in [6.07, 6.45) is 1.72. The van der Waals surface area contributed by atoms with Crippen molar-refractivity contribution < 1.29 is 28.6 Å². The second kappa shape index (κ2) is 13.5. The summed E-state index contributed by atoms with van der Waals surface area (Å²) in [5.41, 5.74) is 2.91. The number of ether oxygens (including phenoxy) is 3. The Balaban J connectivity index is 1.75. The van der Waals surface area contributed by atoms with E-state index in [-0.39, 0.29) is 24.5 Å². The van der Waals surface area contributed by atoms with Crippen LogP contribution in [0.2, 0.25) is 0 Å². The molecule has 0 aliphatic carbocycles. The molecule has 212 valence electrons. The summed E-state index contributed by atoms with van der Waals surface area (Å²) in [5, 5.41) is 7.51. The molecule has 10 heteroatoms. The van der Waals surface area contributed by atoms with Crippen LogP contribution in [0.4, 0.5) is 5.69 Å². The van der Waals surface area contributed by atoms with Crippen molar-refractivity contribution in [2.75, 3.05) is 38.8 Å². The number of carbonyl (C=O) groups excluding carboxylic acids is 3. The number of anilines is 1. The van der Waals surface area contributed by atoms with Gasteiger partial charge in [0.05, 0.1) is 31.7 Å². The van der Waals surface area contributed by atoms with Gasteiger partial charge in [-0.25, -0.2) is 0 Å². The van der Waals surface area contributed by atoms with Crippen LogP contribution in [0.1, 0.15) is 45.2 Å². The predicted molar refractivity (Wildman–Crippen MR) is 154 cm³/mol. The van der Waals surface area contributed by atoms with Crippen LogP contribution in [0.3, 0.4) is 0 Å². The van der Waals surface area contributed by atoms with Gasteiger partial charge in [0.1, 0.15) is 6.04 Å². The predicted octanol–water partition coefficient (Wildman–Crippen LogP) is 4.18. The first-order valence-electron chi connectivity index (χ1n) is 13.1. The fourth-order valence-corrected chi connectivity index (χ4v) is 5.35. The zero-order valence-electron chi connectivity index (χ0n) is 23.2. The molecule has 1 aliphatic heterocycles. The molecule has 40 heavy (non-hydrogen) atoms. The molecule has 0 radical (unpaired) electrons. The molecule has 1 fully saturated rings. The van der Waals surface area contributed by atoms with E-state index in [4.69, 9.17) is 14.2 Å². The van der Waals surface area contributed by atoms with Gasteiger partial charge < -0.3 is 24.8 Å². The standard InChI is InChI=1S/C30H35N3O6S/c1-19-8-5-10-23(20(19)2)33(27(34)18-32-29(35)26-11-7-15-40-26)28(30(36)31-17-22-9-6-14-39-22)21-12-13-24(37-3)25(16-21)38-4/h5,7-8,10-13,15-16,22,28H,6,9,14,17-18H2,1-4H3,(H,31,36)(H,32,35)/t22-,28-/m0/s1. The van der Waals surface area contributed by atoms with Crippen LogP contribution in [0.5, 0.6) is 11.5 Å². The lowest BCUT2D eigenvalue weighted by atomic mass is 9.99. The average molecular weight is 566 g/mol. The number of hydrogen-bond donors (Lipinski definition) is 2. The van der Waals surface area contributed by atoms with Crippen LogP contribution in [-0.2, 0) is 14.3 Å². The second-order valence-corrected chi connectivity index (χ2v) is 10.5. The molecule has 4 rings (SSSR count). The van der Waals surface area contributed by atoms with Crippen molar-refractivity contribution in [1.82, 2.24) is 10.6 Å². The van der Waals surface area contributed by atoms with Crippen LogP contribution in [0, 0.1) is 13.8 Å². The summed E-state index contributed by atoms with van der Waals surface area (Å²) in [6, 6.07) is 13.2. The zero-order valence-corrected chi connectivity index (χ0v) is 24.0. The van der Waals surface area contributed by atoms with E-state index in [1.165, 1.54) is 30.5 Å². The number of amides is 3. The number of nitrogens with zero attached hydrogens (tertiary/aromatic N) is 1. The lowest BCUT2D eigenvalue weighted by molar-refractivity contribution is -0.126. The number of carbonyl (C=O) groups is 3. The first kappa shape index (κ1) is 29.1. The number of nitrogens with one attached hydrogen (secondary N) is 2. The third-order valence-corrected chi connectivity index (χ3v) is 7.88. The van der Waals surface area contributed by atoms with Crippen LogP contribution >= 0.6 is 11.3 Å². The smallest absolute Gasteiger partial charge is 0.261 e. The molecular weight excluding hydrogens is 530 g/mol. The van der Waals surface area contributed by atoms with E-state index in [9.17, 15) is 14.4 Å². The van der Waals surface area contributed by atoms with Crippen molar-refractivity contribution in [1.29, 1.82) is 0 Å². The molecule has 2 aromatic carbocycles. The van der Waals surface area contributed by atoms with Crippen molar-refractivity contribution in [2.24, 2.45) is 0 Å². The van der Waals surface area contributed by atoms with E-state index in [0.29, 0.717) is 40.8 Å². The van der Waals surface area contributed by atoms with Gasteiger partial charge in [0.2, 0.25) is 11.8 Å². The Labute approximate surface area is 238 Å². The summed E-state index contributed by atoms with van der Waals surface area (Å²) in [4.78, 5) is 42.6. The van der Waals surface area contributed by atoms with Crippen molar-refractivity contribution in [3.8, 4) is 11.5 Å². The SMILES string of the molecule is COc1ccc([C@@H](C(=O)NC[C@@H]2CCCO2)N(C(=O)CNC(=O)c2cccs2)c2cccc(C)c2C)cc1OC. The van der Waals surface area contributed by atoms with Gasteiger partial charge >= 0.3 is 0 Å². The molecule has 2 atom stereocenters. The average Bonchev–Trinajstić information content (AvgIpc) is 3.70. The van der Waals surface area contributed by atoms with Crippen molar-refractivity contribution >= 4 is 34.7 Å². The van der Waals surface area contributed by atoms with Gasteiger partial charge in [0.25, 0.3) is 5.91 Å². The maximum atomic E-state index is 14.0. The number of aryl methyl sites for hydroxylation is 1. The van der Waals surface area contributed by atoms with Crippen LogP contribution < -0.4 is 25.0 Å². The molecule has 2 N–H and O–H groups in total. The van der Waals surface area contributed by atoms with E-state index in [0.717, 1.165) is 24.0 Å². The Kier molecular flexibility index (Phi) is 9.79. The van der Waals surface area contributed by atoms with Gasteiger partial charge in [-0.1, -0.05) is 24.3 Å². The highest BCUT2D eigenvalue weighted by Gasteiger charge is 2.35. The van der Waals surface area contributed by atoms with Gasteiger partial charge in [0, 0.05) is 18.8 Å². The third kappa shape index (κ3) is 6.63. The second-order valence-electron chi connectivity index (χ2n) is 9.54. The maximum Gasteiger partial charge on any atom is 0.261 e. The Morgan fingerprint density at radius 1 is 1.05 bits per heavy atom. The zero-order chi connectivity index (χ0) is 28.6. The highest BCUT2D eigenvalue weighted by molar-refractivity contribution is 7.12. The first-order chi connectivity index (χ1) is 19.3. The Morgan fingerprint density at radius 3 is 2.52 bits per heavy atom. The molecule has 0 saturated carbocycles. The molecule has 0 spiro atoms. The minimum atomic E-state index is -1.06. The Bertz CT molecular complexity index is 1340. The number of rotatable bonds is 11.